The molecule has 0 heterocycles. The Hall–Kier alpha value is -1.05. The average Bonchev–Trinajstić information content (AvgIpc) is 2.83. The molecule has 3 fully saturated rings. The van der Waals surface area contributed by atoms with Gasteiger partial charge in [-0.2, -0.15) is 0 Å². The molecule has 23 heavy (non-hydrogen) atoms. The lowest BCUT2D eigenvalue weighted by Crippen LogP contribution is -2.49. The van der Waals surface area contributed by atoms with Gasteiger partial charge in [-0.25, -0.2) is 4.79 Å². The zero-order valence-electron chi connectivity index (χ0n) is 14.6. The lowest BCUT2D eigenvalue weighted by molar-refractivity contribution is -0.131. The number of rotatable bonds is 1. The maximum Gasteiger partial charge on any atom is 0.328 e. The Bertz CT molecular complexity index is 587. The van der Waals surface area contributed by atoms with E-state index in [-0.39, 0.29) is 5.41 Å². The molecule has 0 aliphatic heterocycles. The number of hydrogen-bond donors (Lipinski definition) is 1. The third kappa shape index (κ3) is 2.16. The van der Waals surface area contributed by atoms with Gasteiger partial charge in [0.05, 0.1) is 0 Å². The summed E-state index contributed by atoms with van der Waals surface area (Å²) in [6.07, 6.45) is 15.5. The lowest BCUT2D eigenvalue weighted by atomic mass is 9.47. The van der Waals surface area contributed by atoms with E-state index in [1.807, 2.05) is 0 Å². The van der Waals surface area contributed by atoms with Crippen molar-refractivity contribution < 1.29 is 9.90 Å². The van der Waals surface area contributed by atoms with E-state index in [1.165, 1.54) is 63.0 Å². The van der Waals surface area contributed by atoms with Crippen LogP contribution in [0.2, 0.25) is 0 Å². The van der Waals surface area contributed by atoms with Crippen molar-refractivity contribution in [3.05, 3.63) is 23.3 Å². The first-order valence-corrected chi connectivity index (χ1v) is 9.58. The Kier molecular flexibility index (Phi) is 3.52. The van der Waals surface area contributed by atoms with Crippen molar-refractivity contribution in [1.82, 2.24) is 0 Å². The van der Waals surface area contributed by atoms with Crippen molar-refractivity contribution in [2.45, 2.75) is 71.6 Å². The molecule has 4 aliphatic rings. The second-order valence-electron chi connectivity index (χ2n) is 8.96. The third-order valence-corrected chi connectivity index (χ3v) is 8.17. The minimum Gasteiger partial charge on any atom is -0.478 e. The highest BCUT2D eigenvalue weighted by molar-refractivity contribution is 5.81. The van der Waals surface area contributed by atoms with E-state index in [0.717, 1.165) is 18.3 Å². The Morgan fingerprint density at radius 2 is 1.91 bits per heavy atom. The van der Waals surface area contributed by atoms with E-state index in [2.05, 4.69) is 19.9 Å². The van der Waals surface area contributed by atoms with Crippen LogP contribution >= 0.6 is 0 Å². The van der Waals surface area contributed by atoms with Gasteiger partial charge in [-0.1, -0.05) is 31.1 Å². The summed E-state index contributed by atoms with van der Waals surface area (Å²) >= 11 is 0. The first-order valence-electron chi connectivity index (χ1n) is 9.58. The summed E-state index contributed by atoms with van der Waals surface area (Å²) in [5.74, 6) is 1.61. The van der Waals surface area contributed by atoms with Gasteiger partial charge in [0.1, 0.15) is 0 Å². The SMILES string of the molecule is C[C@]12CCCC=C1CC[C@@H]1[C@@H]2CC[C@]2(C)C(=CC(=O)O)CC[C@@H]12. The van der Waals surface area contributed by atoms with E-state index in [9.17, 15) is 9.90 Å². The van der Waals surface area contributed by atoms with Gasteiger partial charge < -0.3 is 5.11 Å². The van der Waals surface area contributed by atoms with Crippen LogP contribution in [0.25, 0.3) is 0 Å². The molecule has 1 N–H and O–H groups in total. The number of carboxylic acids is 1. The minimum absolute atomic E-state index is 0.159. The zero-order valence-corrected chi connectivity index (χ0v) is 14.6. The molecule has 0 spiro atoms. The van der Waals surface area contributed by atoms with Crippen molar-refractivity contribution in [3.63, 3.8) is 0 Å². The molecule has 0 amide bonds. The van der Waals surface area contributed by atoms with E-state index in [0.29, 0.717) is 11.3 Å². The lowest BCUT2D eigenvalue weighted by Gasteiger charge is -2.57. The molecule has 4 aliphatic carbocycles. The molecule has 126 valence electrons. The number of carbonyl (C=O) groups is 1. The second-order valence-corrected chi connectivity index (χ2v) is 8.96. The predicted molar refractivity (Wildman–Crippen MR) is 92.0 cm³/mol. The number of carboxylic acid groups (broad SMARTS) is 1. The van der Waals surface area contributed by atoms with E-state index < -0.39 is 5.97 Å². The summed E-state index contributed by atoms with van der Waals surface area (Å²) in [5.41, 5.74) is 3.59. The van der Waals surface area contributed by atoms with Crippen LogP contribution in [0.5, 0.6) is 0 Å². The predicted octanol–water partition coefficient (Wildman–Crippen LogP) is 5.35. The molecule has 2 heteroatoms. The largest absolute Gasteiger partial charge is 0.478 e. The van der Waals surface area contributed by atoms with Gasteiger partial charge in [0.25, 0.3) is 0 Å². The van der Waals surface area contributed by atoms with Crippen LogP contribution in [-0.2, 0) is 4.79 Å². The van der Waals surface area contributed by atoms with Gasteiger partial charge in [0, 0.05) is 6.08 Å². The van der Waals surface area contributed by atoms with Crippen molar-refractivity contribution in [1.29, 1.82) is 0 Å². The van der Waals surface area contributed by atoms with Crippen LogP contribution in [0.4, 0.5) is 0 Å². The van der Waals surface area contributed by atoms with Crippen molar-refractivity contribution >= 4 is 5.97 Å². The van der Waals surface area contributed by atoms with Gasteiger partial charge in [-0.05, 0) is 86.4 Å². The van der Waals surface area contributed by atoms with Crippen LogP contribution < -0.4 is 0 Å². The van der Waals surface area contributed by atoms with Crippen LogP contribution in [0.1, 0.15) is 71.6 Å². The molecule has 0 aromatic rings. The average molecular weight is 314 g/mol. The van der Waals surface area contributed by atoms with E-state index in [4.69, 9.17) is 0 Å². The van der Waals surface area contributed by atoms with Crippen LogP contribution in [0.15, 0.2) is 23.3 Å². The Morgan fingerprint density at radius 1 is 1.13 bits per heavy atom. The van der Waals surface area contributed by atoms with Crippen LogP contribution in [-0.4, -0.2) is 11.1 Å². The number of fused-ring (bicyclic) bond motifs is 5. The molecule has 5 atom stereocenters. The van der Waals surface area contributed by atoms with Gasteiger partial charge in [-0.15, -0.1) is 0 Å². The molecular weight excluding hydrogens is 284 g/mol. The molecule has 3 saturated carbocycles. The maximum atomic E-state index is 11.2. The summed E-state index contributed by atoms with van der Waals surface area (Å²) in [7, 11) is 0. The summed E-state index contributed by atoms with van der Waals surface area (Å²) in [5, 5.41) is 9.22. The molecular formula is C21H30O2. The number of hydrogen-bond acceptors (Lipinski definition) is 1. The normalized spacial score (nSPS) is 47.5. The summed E-state index contributed by atoms with van der Waals surface area (Å²) in [4.78, 5) is 11.2. The first kappa shape index (κ1) is 15.5. The smallest absolute Gasteiger partial charge is 0.328 e. The zero-order chi connectivity index (χ0) is 16.2. The third-order valence-electron chi connectivity index (χ3n) is 8.17. The monoisotopic (exact) mass is 314 g/mol. The fourth-order valence-corrected chi connectivity index (χ4v) is 6.99. The second kappa shape index (κ2) is 5.22. The van der Waals surface area contributed by atoms with Gasteiger partial charge in [0.2, 0.25) is 0 Å². The highest BCUT2D eigenvalue weighted by Gasteiger charge is 2.57. The first-order chi connectivity index (χ1) is 10.9. The standard InChI is InChI=1S/C21H30O2/c1-20-11-4-3-5-14(20)6-8-16-17-9-7-15(13-19(22)23)21(17,2)12-10-18(16)20/h5,13,16-18H,3-4,6-12H2,1-2H3,(H,22,23)/t16-,17-,18-,20-,21+/m0/s1. The van der Waals surface area contributed by atoms with Gasteiger partial charge >= 0.3 is 5.97 Å². The number of aliphatic carboxylic acids is 1. The Balaban J connectivity index is 1.67. The summed E-state index contributed by atoms with van der Waals surface area (Å²) in [6, 6.07) is 0. The highest BCUT2D eigenvalue weighted by Crippen LogP contribution is 2.66. The molecule has 0 saturated heterocycles. The Morgan fingerprint density at radius 3 is 2.70 bits per heavy atom. The molecule has 0 bridgehead atoms. The van der Waals surface area contributed by atoms with E-state index in [1.54, 1.807) is 5.57 Å². The van der Waals surface area contributed by atoms with E-state index >= 15 is 0 Å². The maximum absolute atomic E-state index is 11.2. The highest BCUT2D eigenvalue weighted by atomic mass is 16.4. The summed E-state index contributed by atoms with van der Waals surface area (Å²) < 4.78 is 0. The quantitative estimate of drug-likeness (QED) is 0.523. The molecule has 0 unspecified atom stereocenters. The van der Waals surface area contributed by atoms with Gasteiger partial charge in [-0.3, -0.25) is 0 Å². The fraction of sp³-hybridized carbons (Fsp3) is 0.762. The van der Waals surface area contributed by atoms with Gasteiger partial charge in [0.15, 0.2) is 0 Å². The number of allylic oxidation sites excluding steroid dienone is 3. The topological polar surface area (TPSA) is 37.3 Å². The van der Waals surface area contributed by atoms with Crippen molar-refractivity contribution in [2.75, 3.05) is 0 Å². The van der Waals surface area contributed by atoms with Crippen molar-refractivity contribution in [2.24, 2.45) is 28.6 Å². The molecule has 2 nitrogen and oxygen atoms in total. The van der Waals surface area contributed by atoms with Crippen LogP contribution in [0, 0.1) is 28.6 Å². The molecule has 0 aromatic carbocycles. The summed E-state index contributed by atoms with van der Waals surface area (Å²) in [6.45, 7) is 4.91. The molecule has 0 aromatic heterocycles. The minimum atomic E-state index is -0.753. The molecule has 0 radical (unpaired) electrons. The van der Waals surface area contributed by atoms with Crippen molar-refractivity contribution in [3.8, 4) is 0 Å². The van der Waals surface area contributed by atoms with Crippen LogP contribution in [0.3, 0.4) is 0 Å². The Labute approximate surface area is 140 Å². The fourth-order valence-electron chi connectivity index (χ4n) is 6.99. The molecule has 4 rings (SSSR count).